The second-order valence-corrected chi connectivity index (χ2v) is 10.2. The van der Waals surface area contributed by atoms with Crippen molar-refractivity contribution in [3.8, 4) is 0 Å². The fourth-order valence-corrected chi connectivity index (χ4v) is 5.60. The predicted octanol–water partition coefficient (Wildman–Crippen LogP) is 5.73. The highest BCUT2D eigenvalue weighted by Gasteiger charge is 2.25. The summed E-state index contributed by atoms with van der Waals surface area (Å²) in [5.41, 5.74) is 2.51. The molecule has 3 aromatic carbocycles. The van der Waals surface area contributed by atoms with Crippen molar-refractivity contribution in [2.45, 2.75) is 38.0 Å². The van der Waals surface area contributed by atoms with Crippen molar-refractivity contribution in [1.82, 2.24) is 0 Å². The molecule has 1 aliphatic carbocycles. The lowest BCUT2D eigenvalue weighted by Gasteiger charge is -2.17. The molecule has 164 valence electrons. The minimum Gasteiger partial charge on any atom is -0.460 e. The van der Waals surface area contributed by atoms with E-state index in [0.29, 0.717) is 22.6 Å². The number of fused-ring (bicyclic) bond motifs is 5. The summed E-state index contributed by atoms with van der Waals surface area (Å²) in [5.74, 6) is 1.50. The van der Waals surface area contributed by atoms with Gasteiger partial charge in [0.25, 0.3) is 15.7 Å². The number of hydrogen-bond donors (Lipinski definition) is 1. The van der Waals surface area contributed by atoms with E-state index in [1.165, 1.54) is 12.1 Å². The zero-order valence-corrected chi connectivity index (χ0v) is 18.5. The molecule has 0 radical (unpaired) electrons. The highest BCUT2D eigenvalue weighted by atomic mass is 32.2. The average molecular weight is 451 g/mol. The zero-order chi connectivity index (χ0) is 22.6. The monoisotopic (exact) mass is 450 g/mol. The fourth-order valence-electron chi connectivity index (χ4n) is 4.51. The third-order valence-corrected chi connectivity index (χ3v) is 7.59. The second-order valence-electron chi connectivity index (χ2n) is 8.51. The molecular formula is C24H22N2O5S. The Hall–Kier alpha value is -3.39. The topological polar surface area (TPSA) is 102 Å². The Bertz CT molecular complexity index is 1500. The van der Waals surface area contributed by atoms with Gasteiger partial charge in [0.2, 0.25) is 0 Å². The summed E-state index contributed by atoms with van der Waals surface area (Å²) in [6, 6.07) is 13.3. The van der Waals surface area contributed by atoms with E-state index < -0.39 is 14.9 Å². The van der Waals surface area contributed by atoms with E-state index in [-0.39, 0.29) is 10.6 Å². The minimum absolute atomic E-state index is 0.151. The molecule has 8 heteroatoms. The Kier molecular flexibility index (Phi) is 4.70. The second kappa shape index (κ2) is 7.34. The van der Waals surface area contributed by atoms with Crippen molar-refractivity contribution in [2.24, 2.45) is 5.92 Å². The maximum absolute atomic E-state index is 13.2. The summed E-state index contributed by atoms with van der Waals surface area (Å²) in [7, 11) is -4.05. The Balaban J connectivity index is 1.68. The highest BCUT2D eigenvalue weighted by Crippen LogP contribution is 2.41. The first-order chi connectivity index (χ1) is 15.2. The van der Waals surface area contributed by atoms with Crippen LogP contribution in [-0.4, -0.2) is 13.3 Å². The number of nitrogens with one attached hydrogen (secondary N) is 1. The van der Waals surface area contributed by atoms with Crippen LogP contribution < -0.4 is 4.72 Å². The van der Waals surface area contributed by atoms with Crippen molar-refractivity contribution in [1.29, 1.82) is 0 Å². The first-order valence-electron chi connectivity index (χ1n) is 10.5. The van der Waals surface area contributed by atoms with Crippen LogP contribution in [0.15, 0.2) is 57.8 Å². The quantitative estimate of drug-likeness (QED) is 0.316. The molecule has 0 fully saturated rings. The summed E-state index contributed by atoms with van der Waals surface area (Å²) in [6.07, 6.45) is 2.82. The van der Waals surface area contributed by atoms with E-state index >= 15 is 0 Å². The lowest BCUT2D eigenvalue weighted by molar-refractivity contribution is -0.385. The summed E-state index contributed by atoms with van der Waals surface area (Å²) in [6.45, 7) is 3.78. The van der Waals surface area contributed by atoms with Crippen molar-refractivity contribution >= 4 is 43.1 Å². The third-order valence-electron chi connectivity index (χ3n) is 6.23. The fraction of sp³-hybridized carbons (Fsp3) is 0.250. The Morgan fingerprint density at radius 2 is 1.84 bits per heavy atom. The molecule has 0 saturated carbocycles. The van der Waals surface area contributed by atoms with Crippen molar-refractivity contribution in [2.75, 3.05) is 4.72 Å². The van der Waals surface area contributed by atoms with Gasteiger partial charge in [0, 0.05) is 39.8 Å². The van der Waals surface area contributed by atoms with Gasteiger partial charge in [0.1, 0.15) is 11.3 Å². The minimum atomic E-state index is -4.05. The van der Waals surface area contributed by atoms with Crippen LogP contribution in [0.2, 0.25) is 0 Å². The molecule has 0 bridgehead atoms. The molecule has 0 amide bonds. The molecule has 1 aliphatic rings. The Morgan fingerprint density at radius 3 is 2.59 bits per heavy atom. The number of anilines is 1. The summed E-state index contributed by atoms with van der Waals surface area (Å²) in [4.78, 5) is 10.6. The van der Waals surface area contributed by atoms with Crippen LogP contribution in [0.3, 0.4) is 0 Å². The van der Waals surface area contributed by atoms with Crippen LogP contribution in [-0.2, 0) is 22.9 Å². The summed E-state index contributed by atoms with van der Waals surface area (Å²) in [5, 5.41) is 13.8. The standard InChI is InChI=1S/C24H22N2O5S/c1-14-7-10-23-19(11-14)20-13-21(17-5-3-4-6-18(17)24(20)31-23)25-32(29,30)16-9-8-15(2)22(12-16)26(27)28/h3-6,8-9,12-14,25H,7,10-11H2,1-2H3. The predicted molar refractivity (Wildman–Crippen MR) is 124 cm³/mol. The lowest BCUT2D eigenvalue weighted by Crippen LogP contribution is -2.14. The van der Waals surface area contributed by atoms with E-state index in [0.717, 1.165) is 53.0 Å². The van der Waals surface area contributed by atoms with Gasteiger partial charge in [-0.1, -0.05) is 37.3 Å². The molecule has 32 heavy (non-hydrogen) atoms. The van der Waals surface area contributed by atoms with Gasteiger partial charge in [-0.15, -0.1) is 0 Å². The van der Waals surface area contributed by atoms with E-state index in [4.69, 9.17) is 4.42 Å². The number of hydrogen-bond acceptors (Lipinski definition) is 5. The van der Waals surface area contributed by atoms with Gasteiger partial charge in [-0.3, -0.25) is 14.8 Å². The Labute approximate surface area is 185 Å². The largest absolute Gasteiger partial charge is 0.460 e. The maximum atomic E-state index is 13.2. The zero-order valence-electron chi connectivity index (χ0n) is 17.7. The number of nitro benzene ring substituents is 1. The van der Waals surface area contributed by atoms with Gasteiger partial charge in [0.15, 0.2) is 0 Å². The maximum Gasteiger partial charge on any atom is 0.273 e. The molecular weight excluding hydrogens is 428 g/mol. The molecule has 0 saturated heterocycles. The number of furan rings is 1. The first kappa shape index (κ1) is 20.5. The molecule has 4 aromatic rings. The average Bonchev–Trinajstić information content (AvgIpc) is 3.11. The van der Waals surface area contributed by atoms with E-state index in [1.807, 2.05) is 30.3 Å². The van der Waals surface area contributed by atoms with E-state index in [9.17, 15) is 18.5 Å². The SMILES string of the molecule is Cc1ccc(S(=O)(=O)Nc2cc3c4c(oc3c3ccccc23)CCC(C)C4)cc1[N+](=O)[O-]. The van der Waals surface area contributed by atoms with Crippen LogP contribution in [0.5, 0.6) is 0 Å². The first-order valence-corrected chi connectivity index (χ1v) is 12.0. The van der Waals surface area contributed by atoms with Gasteiger partial charge < -0.3 is 4.42 Å². The molecule has 1 N–H and O–H groups in total. The molecule has 1 unspecified atom stereocenters. The van der Waals surface area contributed by atoms with Crippen LogP contribution in [0.4, 0.5) is 11.4 Å². The number of nitro groups is 1. The number of benzene rings is 3. The summed E-state index contributed by atoms with van der Waals surface area (Å²) >= 11 is 0. The molecule has 7 nitrogen and oxygen atoms in total. The Morgan fingerprint density at radius 1 is 1.09 bits per heavy atom. The third kappa shape index (κ3) is 3.31. The van der Waals surface area contributed by atoms with E-state index in [2.05, 4.69) is 11.6 Å². The van der Waals surface area contributed by atoms with E-state index in [1.54, 1.807) is 6.92 Å². The van der Waals surface area contributed by atoms with Crippen LogP contribution in [0, 0.1) is 23.0 Å². The van der Waals surface area contributed by atoms with Gasteiger partial charge >= 0.3 is 0 Å². The molecule has 1 atom stereocenters. The number of sulfonamides is 1. The summed E-state index contributed by atoms with van der Waals surface area (Å²) < 4.78 is 35.3. The van der Waals surface area contributed by atoms with Gasteiger partial charge in [-0.25, -0.2) is 8.42 Å². The van der Waals surface area contributed by atoms with Crippen LogP contribution >= 0.6 is 0 Å². The van der Waals surface area contributed by atoms with Crippen molar-refractivity contribution in [3.63, 3.8) is 0 Å². The van der Waals surface area contributed by atoms with Crippen molar-refractivity contribution < 1.29 is 17.8 Å². The number of nitrogens with zero attached hydrogens (tertiary/aromatic N) is 1. The van der Waals surface area contributed by atoms with Crippen molar-refractivity contribution in [3.05, 3.63) is 75.5 Å². The smallest absolute Gasteiger partial charge is 0.273 e. The lowest BCUT2D eigenvalue weighted by atomic mass is 9.87. The van der Waals surface area contributed by atoms with Gasteiger partial charge in [-0.05, 0) is 37.8 Å². The number of rotatable bonds is 4. The molecule has 1 heterocycles. The highest BCUT2D eigenvalue weighted by molar-refractivity contribution is 7.92. The van der Waals surface area contributed by atoms with Gasteiger partial charge in [0.05, 0.1) is 15.5 Å². The van der Waals surface area contributed by atoms with Gasteiger partial charge in [-0.2, -0.15) is 0 Å². The molecule has 0 aliphatic heterocycles. The molecule has 5 rings (SSSR count). The number of aryl methyl sites for hydroxylation is 2. The molecule has 0 spiro atoms. The normalized spacial score (nSPS) is 16.2. The van der Waals surface area contributed by atoms with Crippen LogP contribution in [0.1, 0.15) is 30.2 Å². The molecule has 1 aromatic heterocycles. The van der Waals surface area contributed by atoms with Crippen LogP contribution in [0.25, 0.3) is 21.7 Å².